The Morgan fingerprint density at radius 3 is 2.55 bits per heavy atom. The molecule has 3 N–H and O–H groups in total. The summed E-state index contributed by atoms with van der Waals surface area (Å²) in [6, 6.07) is 6.52. The van der Waals surface area contributed by atoms with Crippen LogP contribution in [-0.2, 0) is 20.9 Å². The molecule has 1 saturated carbocycles. The molecule has 2 aliphatic rings. The van der Waals surface area contributed by atoms with Crippen LogP contribution in [0.15, 0.2) is 24.3 Å². The number of benzene rings is 1. The predicted molar refractivity (Wildman–Crippen MR) is 113 cm³/mol. The van der Waals surface area contributed by atoms with Crippen molar-refractivity contribution in [2.45, 2.75) is 52.2 Å². The van der Waals surface area contributed by atoms with E-state index in [1.54, 1.807) is 49.9 Å². The average Bonchev–Trinajstić information content (AvgIpc) is 3.21. The number of primary amides is 1. The molecule has 31 heavy (non-hydrogen) atoms. The molecule has 3 atom stereocenters. The topological polar surface area (TPSA) is 127 Å². The van der Waals surface area contributed by atoms with Gasteiger partial charge in [0, 0.05) is 16.8 Å². The number of hydrogen-bond donors (Lipinski definition) is 2. The number of rotatable bonds is 6. The SMILES string of the molecule is CC(C)(C)C(=O)CNC(=O)[C@@H]1CC2C[C@H]2N1C(=O)Cn1nc(C(N)=O)c2ccccc21. The van der Waals surface area contributed by atoms with Gasteiger partial charge in [-0.05, 0) is 24.8 Å². The van der Waals surface area contributed by atoms with Gasteiger partial charge in [-0.2, -0.15) is 5.10 Å². The number of carbonyl (C=O) groups is 4. The lowest BCUT2D eigenvalue weighted by atomic mass is 9.91. The fraction of sp³-hybridized carbons (Fsp3) is 0.500. The summed E-state index contributed by atoms with van der Waals surface area (Å²) >= 11 is 0. The molecular weight excluding hydrogens is 398 g/mol. The van der Waals surface area contributed by atoms with E-state index < -0.39 is 17.4 Å². The Morgan fingerprint density at radius 2 is 1.87 bits per heavy atom. The van der Waals surface area contributed by atoms with Crippen molar-refractivity contribution < 1.29 is 19.2 Å². The fourth-order valence-electron chi connectivity index (χ4n) is 4.24. The third-order valence-corrected chi connectivity index (χ3v) is 6.13. The molecule has 2 heterocycles. The van der Waals surface area contributed by atoms with E-state index in [1.807, 2.05) is 0 Å². The van der Waals surface area contributed by atoms with Gasteiger partial charge >= 0.3 is 0 Å². The number of aromatic nitrogens is 2. The lowest BCUT2D eigenvalue weighted by Gasteiger charge is -2.27. The van der Waals surface area contributed by atoms with Crippen LogP contribution in [0.3, 0.4) is 0 Å². The number of para-hydroxylation sites is 1. The minimum Gasteiger partial charge on any atom is -0.364 e. The van der Waals surface area contributed by atoms with E-state index in [4.69, 9.17) is 5.73 Å². The van der Waals surface area contributed by atoms with Gasteiger partial charge < -0.3 is 16.0 Å². The number of piperidine rings is 1. The van der Waals surface area contributed by atoms with Crippen molar-refractivity contribution in [2.75, 3.05) is 6.54 Å². The molecule has 4 rings (SSSR count). The van der Waals surface area contributed by atoms with Crippen molar-refractivity contribution in [3.63, 3.8) is 0 Å². The highest BCUT2D eigenvalue weighted by Gasteiger charge is 2.56. The lowest BCUT2D eigenvalue weighted by Crippen LogP contribution is -2.50. The largest absolute Gasteiger partial charge is 0.364 e. The summed E-state index contributed by atoms with van der Waals surface area (Å²) in [7, 11) is 0. The Morgan fingerprint density at radius 1 is 1.16 bits per heavy atom. The molecular formula is C22H27N5O4. The van der Waals surface area contributed by atoms with Gasteiger partial charge in [-0.15, -0.1) is 0 Å². The summed E-state index contributed by atoms with van der Waals surface area (Å²) < 4.78 is 1.46. The van der Waals surface area contributed by atoms with Crippen molar-refractivity contribution >= 4 is 34.4 Å². The zero-order valence-electron chi connectivity index (χ0n) is 17.9. The molecule has 0 bridgehead atoms. The summed E-state index contributed by atoms with van der Waals surface area (Å²) in [4.78, 5) is 51.5. The Labute approximate surface area is 179 Å². The minimum absolute atomic E-state index is 0.0407. The summed E-state index contributed by atoms with van der Waals surface area (Å²) in [6.45, 7) is 5.26. The molecule has 9 heteroatoms. The highest BCUT2D eigenvalue weighted by molar-refractivity contribution is 6.04. The van der Waals surface area contributed by atoms with Crippen LogP contribution in [-0.4, -0.2) is 56.8 Å². The molecule has 9 nitrogen and oxygen atoms in total. The van der Waals surface area contributed by atoms with E-state index in [0.717, 1.165) is 6.42 Å². The number of nitrogens with zero attached hydrogens (tertiary/aromatic N) is 3. The maximum absolute atomic E-state index is 13.2. The first kappa shape index (κ1) is 21.0. The summed E-state index contributed by atoms with van der Waals surface area (Å²) in [5.41, 5.74) is 5.64. The zero-order chi connectivity index (χ0) is 22.5. The molecule has 0 spiro atoms. The summed E-state index contributed by atoms with van der Waals surface area (Å²) in [6.07, 6.45) is 1.47. The second-order valence-corrected chi connectivity index (χ2v) is 9.39. The van der Waals surface area contributed by atoms with Gasteiger partial charge in [0.15, 0.2) is 11.5 Å². The number of nitrogens with one attached hydrogen (secondary N) is 1. The second kappa shape index (κ2) is 7.47. The van der Waals surface area contributed by atoms with E-state index in [-0.39, 0.29) is 42.4 Å². The molecule has 1 saturated heterocycles. The van der Waals surface area contributed by atoms with Gasteiger partial charge in [0.05, 0.1) is 12.1 Å². The zero-order valence-corrected chi connectivity index (χ0v) is 17.9. The van der Waals surface area contributed by atoms with Crippen LogP contribution in [0.1, 0.15) is 44.1 Å². The Hall–Kier alpha value is -3.23. The molecule has 1 aromatic heterocycles. The molecule has 2 fully saturated rings. The van der Waals surface area contributed by atoms with Gasteiger partial charge in [-0.3, -0.25) is 23.9 Å². The van der Waals surface area contributed by atoms with E-state index >= 15 is 0 Å². The van der Waals surface area contributed by atoms with Gasteiger partial charge in [0.2, 0.25) is 11.8 Å². The molecule has 164 valence electrons. The summed E-state index contributed by atoms with van der Waals surface area (Å²) in [5.74, 6) is -0.957. The van der Waals surface area contributed by atoms with Gasteiger partial charge in [0.25, 0.3) is 5.91 Å². The third-order valence-electron chi connectivity index (χ3n) is 6.13. The van der Waals surface area contributed by atoms with Crippen LogP contribution in [0.5, 0.6) is 0 Å². The number of fused-ring (bicyclic) bond motifs is 2. The van der Waals surface area contributed by atoms with E-state index in [0.29, 0.717) is 23.2 Å². The van der Waals surface area contributed by atoms with E-state index in [1.165, 1.54) is 4.68 Å². The standard InChI is InChI=1S/C22H27N5O4/c1-22(2,3)17(28)10-24-21(31)16-9-12-8-15(12)27(16)18(29)11-26-14-7-5-4-6-13(14)19(25-26)20(23)30/h4-7,12,15-16H,8-11H2,1-3H3,(H2,23,30)(H,24,31)/t12?,15-,16+/m1/s1. The highest BCUT2D eigenvalue weighted by Crippen LogP contribution is 2.48. The minimum atomic E-state index is -0.661. The number of carbonyl (C=O) groups excluding carboxylic acids is 4. The van der Waals surface area contributed by atoms with Crippen LogP contribution < -0.4 is 11.1 Å². The van der Waals surface area contributed by atoms with Crippen LogP contribution >= 0.6 is 0 Å². The van der Waals surface area contributed by atoms with Crippen LogP contribution in [0, 0.1) is 11.3 Å². The first-order chi connectivity index (χ1) is 14.6. The molecule has 2 aromatic rings. The smallest absolute Gasteiger partial charge is 0.269 e. The van der Waals surface area contributed by atoms with Crippen molar-refractivity contribution in [3.05, 3.63) is 30.0 Å². The van der Waals surface area contributed by atoms with Gasteiger partial charge in [0.1, 0.15) is 12.6 Å². The Bertz CT molecular complexity index is 1080. The van der Waals surface area contributed by atoms with Crippen LogP contribution in [0.25, 0.3) is 10.9 Å². The molecule has 0 radical (unpaired) electrons. The Kier molecular flexibility index (Phi) is 5.07. The highest BCUT2D eigenvalue weighted by atomic mass is 16.2. The number of hydrogen-bond acceptors (Lipinski definition) is 5. The summed E-state index contributed by atoms with van der Waals surface area (Å²) in [5, 5.41) is 7.53. The van der Waals surface area contributed by atoms with E-state index in [2.05, 4.69) is 10.4 Å². The first-order valence-electron chi connectivity index (χ1n) is 10.5. The first-order valence-corrected chi connectivity index (χ1v) is 10.5. The molecule has 1 aromatic carbocycles. The van der Waals surface area contributed by atoms with E-state index in [9.17, 15) is 19.2 Å². The molecule has 1 aliphatic heterocycles. The molecule has 1 unspecified atom stereocenters. The number of ketones is 1. The number of nitrogens with two attached hydrogens (primary N) is 1. The quantitative estimate of drug-likeness (QED) is 0.709. The monoisotopic (exact) mass is 425 g/mol. The maximum Gasteiger partial charge on any atom is 0.269 e. The van der Waals surface area contributed by atoms with Crippen LogP contribution in [0.2, 0.25) is 0 Å². The normalized spacial score (nSPS) is 22.3. The van der Waals surface area contributed by atoms with Crippen molar-refractivity contribution in [1.29, 1.82) is 0 Å². The maximum atomic E-state index is 13.2. The lowest BCUT2D eigenvalue weighted by molar-refractivity contribution is -0.140. The van der Waals surface area contributed by atoms with Crippen LogP contribution in [0.4, 0.5) is 0 Å². The molecule has 3 amide bonds. The fourth-order valence-corrected chi connectivity index (χ4v) is 4.24. The van der Waals surface area contributed by atoms with Crippen molar-refractivity contribution in [3.8, 4) is 0 Å². The number of likely N-dealkylation sites (tertiary alicyclic amines) is 1. The van der Waals surface area contributed by atoms with Crippen molar-refractivity contribution in [2.24, 2.45) is 17.1 Å². The average molecular weight is 425 g/mol. The Balaban J connectivity index is 1.50. The van der Waals surface area contributed by atoms with Gasteiger partial charge in [-0.25, -0.2) is 0 Å². The number of Topliss-reactive ketones (excluding diaryl/α,β-unsaturated/α-hetero) is 1. The molecule has 1 aliphatic carbocycles. The number of amides is 3. The second-order valence-electron chi connectivity index (χ2n) is 9.39. The predicted octanol–water partition coefficient (Wildman–Crippen LogP) is 0.856. The van der Waals surface area contributed by atoms with Crippen molar-refractivity contribution in [1.82, 2.24) is 20.0 Å². The van der Waals surface area contributed by atoms with Gasteiger partial charge in [-0.1, -0.05) is 39.0 Å². The third kappa shape index (κ3) is 3.92.